The molecule has 0 saturated carbocycles. The molecule has 6 heteroatoms. The van der Waals surface area contributed by atoms with E-state index >= 15 is 0 Å². The fraction of sp³-hybridized carbons (Fsp3) is 0.304. The van der Waals surface area contributed by atoms with Crippen molar-refractivity contribution in [1.29, 1.82) is 0 Å². The van der Waals surface area contributed by atoms with Crippen molar-refractivity contribution in [2.75, 3.05) is 29.9 Å². The molecule has 2 aromatic rings. The predicted octanol–water partition coefficient (Wildman–Crippen LogP) is 3.92. The number of hydrogen-bond donors (Lipinski definition) is 2. The zero-order valence-electron chi connectivity index (χ0n) is 17.7. The highest BCUT2D eigenvalue weighted by Gasteiger charge is 2.25. The summed E-state index contributed by atoms with van der Waals surface area (Å²) in [5, 5.41) is 3.22. The van der Waals surface area contributed by atoms with Crippen LogP contribution < -0.4 is 20.9 Å². The first-order valence-electron chi connectivity index (χ1n) is 9.88. The predicted molar refractivity (Wildman–Crippen MR) is 123 cm³/mol. The Morgan fingerprint density at radius 2 is 2.07 bits per heavy atom. The van der Waals surface area contributed by atoms with Gasteiger partial charge in [-0.2, -0.15) is 0 Å². The number of hydrogen-bond acceptors (Lipinski definition) is 6. The zero-order chi connectivity index (χ0) is 21.0. The van der Waals surface area contributed by atoms with Crippen LogP contribution >= 0.6 is 0 Å². The number of aryl methyl sites for hydroxylation is 2. The fourth-order valence-electron chi connectivity index (χ4n) is 3.68. The maximum atomic E-state index is 5.70. The maximum absolute atomic E-state index is 5.70. The van der Waals surface area contributed by atoms with Crippen LogP contribution in [0.15, 0.2) is 59.7 Å². The van der Waals surface area contributed by atoms with Crippen LogP contribution in [0.3, 0.4) is 0 Å². The molecule has 152 valence electrons. The Labute approximate surface area is 173 Å². The van der Waals surface area contributed by atoms with Crippen molar-refractivity contribution < 1.29 is 0 Å². The molecular formula is C23H30N6. The second-order valence-electron chi connectivity index (χ2n) is 7.30. The quantitative estimate of drug-likeness (QED) is 0.757. The molecule has 0 saturated heterocycles. The van der Waals surface area contributed by atoms with Gasteiger partial charge in [0.05, 0.1) is 11.4 Å². The van der Waals surface area contributed by atoms with Gasteiger partial charge in [-0.3, -0.25) is 0 Å². The van der Waals surface area contributed by atoms with E-state index in [-0.39, 0.29) is 0 Å². The van der Waals surface area contributed by atoms with Crippen LogP contribution in [0.1, 0.15) is 24.5 Å². The first-order chi connectivity index (χ1) is 13.9. The summed E-state index contributed by atoms with van der Waals surface area (Å²) in [5.41, 5.74) is 11.3. The van der Waals surface area contributed by atoms with Crippen molar-refractivity contribution >= 4 is 17.7 Å². The lowest BCUT2D eigenvalue weighted by molar-refractivity contribution is 0.756. The van der Waals surface area contributed by atoms with Crippen molar-refractivity contribution in [1.82, 2.24) is 10.3 Å². The second-order valence-corrected chi connectivity index (χ2v) is 7.30. The molecule has 1 aromatic carbocycles. The van der Waals surface area contributed by atoms with Gasteiger partial charge in [-0.15, -0.1) is 0 Å². The van der Waals surface area contributed by atoms with Gasteiger partial charge < -0.3 is 20.9 Å². The Morgan fingerprint density at radius 3 is 2.76 bits per heavy atom. The molecule has 0 bridgehead atoms. The van der Waals surface area contributed by atoms with Gasteiger partial charge in [0.1, 0.15) is 11.6 Å². The van der Waals surface area contributed by atoms with Crippen LogP contribution in [0.2, 0.25) is 0 Å². The number of rotatable bonds is 5. The summed E-state index contributed by atoms with van der Waals surface area (Å²) in [6, 6.07) is 10.6. The number of pyridine rings is 1. The number of nitrogens with one attached hydrogen (secondary N) is 1. The molecule has 3 rings (SSSR count). The highest BCUT2D eigenvalue weighted by Crippen LogP contribution is 2.37. The van der Waals surface area contributed by atoms with Crippen molar-refractivity contribution in [2.45, 2.75) is 27.2 Å². The molecule has 0 aliphatic carbocycles. The molecule has 0 spiro atoms. The van der Waals surface area contributed by atoms with Gasteiger partial charge in [-0.25, -0.2) is 9.98 Å². The minimum absolute atomic E-state index is 0.559. The van der Waals surface area contributed by atoms with E-state index < -0.39 is 0 Å². The number of anilines is 2. The lowest BCUT2D eigenvalue weighted by atomic mass is 10.1. The van der Waals surface area contributed by atoms with E-state index in [1.54, 1.807) is 6.21 Å². The summed E-state index contributed by atoms with van der Waals surface area (Å²) < 4.78 is 0. The molecule has 0 atom stereocenters. The van der Waals surface area contributed by atoms with Crippen molar-refractivity contribution in [2.24, 2.45) is 10.7 Å². The third kappa shape index (κ3) is 4.42. The zero-order valence-corrected chi connectivity index (χ0v) is 17.7. The smallest absolute Gasteiger partial charge is 0.158 e. The number of nitrogens with two attached hydrogens (primary N) is 1. The summed E-state index contributed by atoms with van der Waals surface area (Å²) in [4.78, 5) is 13.7. The number of benzene rings is 1. The van der Waals surface area contributed by atoms with Gasteiger partial charge in [0, 0.05) is 38.1 Å². The van der Waals surface area contributed by atoms with Gasteiger partial charge >= 0.3 is 0 Å². The number of nitrogens with zero attached hydrogens (tertiary/aromatic N) is 4. The standard InChI is InChI=1S/C23H30N6/c1-6-25-21(15-24)26-18(4)29-12-8-11-28(5)22-17(3)14-20(27-23(22)29)19-10-7-9-16(2)13-19/h6-7,9-10,13-15,26H,4,8,11-12,24H2,1-3,5H3/b21-15+,25-6-. The Hall–Kier alpha value is -3.28. The Kier molecular flexibility index (Phi) is 6.22. The van der Waals surface area contributed by atoms with Crippen molar-refractivity contribution in [3.05, 3.63) is 65.9 Å². The third-order valence-electron chi connectivity index (χ3n) is 5.02. The van der Waals surface area contributed by atoms with Gasteiger partial charge in [0.2, 0.25) is 0 Å². The van der Waals surface area contributed by atoms with Gasteiger partial charge in [-0.05, 0) is 44.9 Å². The minimum atomic E-state index is 0.559. The van der Waals surface area contributed by atoms with Crippen LogP contribution in [0, 0.1) is 13.8 Å². The highest BCUT2D eigenvalue weighted by molar-refractivity contribution is 5.78. The van der Waals surface area contributed by atoms with E-state index in [0.29, 0.717) is 11.6 Å². The third-order valence-corrected chi connectivity index (χ3v) is 5.02. The molecule has 0 amide bonds. The molecule has 1 aromatic heterocycles. The molecule has 1 aliphatic heterocycles. The molecule has 3 N–H and O–H groups in total. The first-order valence-corrected chi connectivity index (χ1v) is 9.88. The molecule has 29 heavy (non-hydrogen) atoms. The molecule has 6 nitrogen and oxygen atoms in total. The number of fused-ring (bicyclic) bond motifs is 1. The van der Waals surface area contributed by atoms with E-state index in [2.05, 4.69) is 77.9 Å². The fourth-order valence-corrected chi connectivity index (χ4v) is 3.68. The van der Waals surface area contributed by atoms with Gasteiger partial charge in [0.15, 0.2) is 5.82 Å². The SMILES string of the molecule is C=C(NC(=C/N)/N=C\C)N1CCCN(C)c2c(C)cc(-c3cccc(C)c3)nc21. The molecule has 2 heterocycles. The van der Waals surface area contributed by atoms with Crippen LogP contribution in [-0.4, -0.2) is 31.3 Å². The Morgan fingerprint density at radius 1 is 1.28 bits per heavy atom. The van der Waals surface area contributed by atoms with E-state index in [1.165, 1.54) is 17.3 Å². The topological polar surface area (TPSA) is 69.8 Å². The largest absolute Gasteiger partial charge is 0.402 e. The maximum Gasteiger partial charge on any atom is 0.158 e. The normalized spacial score (nSPS) is 14.7. The van der Waals surface area contributed by atoms with E-state index in [4.69, 9.17) is 10.7 Å². The summed E-state index contributed by atoms with van der Waals surface area (Å²) >= 11 is 0. The van der Waals surface area contributed by atoms with Gasteiger partial charge in [-0.1, -0.05) is 30.3 Å². The summed E-state index contributed by atoms with van der Waals surface area (Å²) in [5.74, 6) is 2.16. The Bertz CT molecular complexity index is 960. The van der Waals surface area contributed by atoms with E-state index in [1.807, 2.05) is 6.92 Å². The summed E-state index contributed by atoms with van der Waals surface area (Å²) in [7, 11) is 2.12. The van der Waals surface area contributed by atoms with Crippen molar-refractivity contribution in [3.8, 4) is 11.3 Å². The van der Waals surface area contributed by atoms with Gasteiger partial charge in [0.25, 0.3) is 0 Å². The molecular weight excluding hydrogens is 360 g/mol. The van der Waals surface area contributed by atoms with E-state index in [9.17, 15) is 0 Å². The first kappa shape index (κ1) is 20.5. The van der Waals surface area contributed by atoms with Crippen molar-refractivity contribution in [3.63, 3.8) is 0 Å². The van der Waals surface area contributed by atoms with E-state index in [0.717, 1.165) is 42.3 Å². The number of aliphatic imine (C=N–C) groups is 1. The average molecular weight is 391 g/mol. The minimum Gasteiger partial charge on any atom is -0.402 e. The summed E-state index contributed by atoms with van der Waals surface area (Å²) in [6.07, 6.45) is 4.13. The second kappa shape index (κ2) is 8.82. The summed E-state index contributed by atoms with van der Waals surface area (Å²) in [6.45, 7) is 12.1. The Balaban J connectivity index is 2.08. The molecule has 0 unspecified atom stereocenters. The molecule has 0 radical (unpaired) electrons. The molecule has 0 fully saturated rings. The highest BCUT2D eigenvalue weighted by atomic mass is 15.3. The van der Waals surface area contributed by atoms with Crippen LogP contribution in [-0.2, 0) is 0 Å². The lowest BCUT2D eigenvalue weighted by Crippen LogP contribution is -2.32. The monoisotopic (exact) mass is 390 g/mol. The van der Waals surface area contributed by atoms with Crippen LogP contribution in [0.5, 0.6) is 0 Å². The lowest BCUT2D eigenvalue weighted by Gasteiger charge is -2.28. The average Bonchev–Trinajstić information content (AvgIpc) is 2.86. The van der Waals surface area contributed by atoms with Crippen LogP contribution in [0.25, 0.3) is 11.3 Å². The van der Waals surface area contributed by atoms with Crippen LogP contribution in [0.4, 0.5) is 11.5 Å². The number of aromatic nitrogens is 1. The molecule has 1 aliphatic rings.